The van der Waals surface area contributed by atoms with Crippen molar-refractivity contribution in [2.24, 2.45) is 0 Å². The van der Waals surface area contributed by atoms with Crippen LogP contribution in [0.2, 0.25) is 5.02 Å². The molecule has 0 atom stereocenters. The van der Waals surface area contributed by atoms with E-state index in [4.69, 9.17) is 20.8 Å². The Labute approximate surface area is 151 Å². The van der Waals surface area contributed by atoms with Crippen LogP contribution in [0.1, 0.15) is 47.3 Å². The molecular formula is C17H14ClF3N2O3. The van der Waals surface area contributed by atoms with Gasteiger partial charge in [-0.1, -0.05) is 25.4 Å². The molecule has 0 aliphatic carbocycles. The molecular weight excluding hydrogens is 373 g/mol. The van der Waals surface area contributed by atoms with Crippen molar-refractivity contribution in [1.29, 1.82) is 0 Å². The van der Waals surface area contributed by atoms with Crippen LogP contribution in [-0.4, -0.2) is 15.4 Å². The lowest BCUT2D eigenvalue weighted by atomic mass is 10.1. The first-order valence-electron chi connectivity index (χ1n) is 7.66. The number of hydrogen-bond acceptors (Lipinski definition) is 4. The lowest BCUT2D eigenvalue weighted by molar-refractivity contribution is -0.137. The van der Waals surface area contributed by atoms with Crippen LogP contribution in [0.15, 0.2) is 35.1 Å². The summed E-state index contributed by atoms with van der Waals surface area (Å²) in [5, 5.41) is -0.134. The summed E-state index contributed by atoms with van der Waals surface area (Å²) in [5.41, 5.74) is 0.0788. The monoisotopic (exact) mass is 386 g/mol. The summed E-state index contributed by atoms with van der Waals surface area (Å²) >= 11 is 6.00. The average Bonchev–Trinajstić information content (AvgIpc) is 3.19. The topological polar surface area (TPSA) is 56.7 Å². The quantitative estimate of drug-likeness (QED) is 0.587. The van der Waals surface area contributed by atoms with Gasteiger partial charge in [0.1, 0.15) is 6.61 Å². The van der Waals surface area contributed by atoms with E-state index in [9.17, 15) is 18.0 Å². The number of fused-ring (bicyclic) bond motifs is 1. The molecule has 3 rings (SSSR count). The second kappa shape index (κ2) is 6.68. The highest BCUT2D eigenvalue weighted by Gasteiger charge is 2.32. The summed E-state index contributed by atoms with van der Waals surface area (Å²) in [6.07, 6.45) is -2.35. The number of carbonyl (C=O) groups is 1. The molecule has 0 unspecified atom stereocenters. The predicted molar refractivity (Wildman–Crippen MR) is 87.1 cm³/mol. The summed E-state index contributed by atoms with van der Waals surface area (Å²) in [5.74, 6) is -0.839. The van der Waals surface area contributed by atoms with Crippen LogP contribution in [-0.2, 0) is 17.5 Å². The Bertz CT molecular complexity index is 946. The maximum Gasteiger partial charge on any atom is 0.417 e. The molecule has 5 nitrogen and oxygen atoms in total. The van der Waals surface area contributed by atoms with Gasteiger partial charge in [0.05, 0.1) is 28.2 Å². The maximum absolute atomic E-state index is 13.1. The highest BCUT2D eigenvalue weighted by Crippen LogP contribution is 2.34. The molecule has 3 heterocycles. The van der Waals surface area contributed by atoms with E-state index in [2.05, 4.69) is 4.98 Å². The largest absolute Gasteiger partial charge is 0.457 e. The van der Waals surface area contributed by atoms with Gasteiger partial charge in [0.2, 0.25) is 5.76 Å². The van der Waals surface area contributed by atoms with Crippen molar-refractivity contribution in [3.8, 4) is 0 Å². The number of esters is 1. The number of imidazole rings is 1. The summed E-state index contributed by atoms with van der Waals surface area (Å²) in [6.45, 7) is 3.39. The smallest absolute Gasteiger partial charge is 0.417 e. The van der Waals surface area contributed by atoms with Gasteiger partial charge in [-0.2, -0.15) is 13.2 Å². The highest BCUT2D eigenvalue weighted by atomic mass is 35.5. The van der Waals surface area contributed by atoms with E-state index in [0.29, 0.717) is 11.4 Å². The van der Waals surface area contributed by atoms with Crippen LogP contribution in [0.4, 0.5) is 13.2 Å². The molecule has 26 heavy (non-hydrogen) atoms. The summed E-state index contributed by atoms with van der Waals surface area (Å²) in [7, 11) is 0. The molecule has 0 aromatic carbocycles. The summed E-state index contributed by atoms with van der Waals surface area (Å²) in [6, 6.07) is 3.78. The Hall–Kier alpha value is -2.48. The van der Waals surface area contributed by atoms with E-state index in [0.717, 1.165) is 12.3 Å². The normalized spacial score (nSPS) is 12.1. The van der Waals surface area contributed by atoms with Crippen LogP contribution < -0.4 is 0 Å². The average molecular weight is 387 g/mol. The van der Waals surface area contributed by atoms with Crippen molar-refractivity contribution in [3.63, 3.8) is 0 Å². The summed E-state index contributed by atoms with van der Waals surface area (Å²) < 4.78 is 50.6. The number of furan rings is 1. The minimum absolute atomic E-state index is 0.000990. The van der Waals surface area contributed by atoms with Gasteiger partial charge in [-0.15, -0.1) is 0 Å². The fraction of sp³-hybridized carbons (Fsp3) is 0.294. The van der Waals surface area contributed by atoms with Gasteiger partial charge < -0.3 is 9.15 Å². The van der Waals surface area contributed by atoms with Crippen LogP contribution in [0, 0.1) is 0 Å². The van der Waals surface area contributed by atoms with Gasteiger partial charge in [0.15, 0.2) is 5.65 Å². The second-order valence-corrected chi connectivity index (χ2v) is 6.33. The van der Waals surface area contributed by atoms with Gasteiger partial charge in [0.25, 0.3) is 0 Å². The van der Waals surface area contributed by atoms with Crippen LogP contribution in [0.25, 0.3) is 5.65 Å². The van der Waals surface area contributed by atoms with Crippen molar-refractivity contribution < 1.29 is 27.1 Å². The molecule has 138 valence electrons. The van der Waals surface area contributed by atoms with Gasteiger partial charge >= 0.3 is 12.1 Å². The Kier molecular flexibility index (Phi) is 4.70. The van der Waals surface area contributed by atoms with E-state index in [1.807, 2.05) is 13.8 Å². The molecule has 0 N–H and O–H groups in total. The van der Waals surface area contributed by atoms with Crippen molar-refractivity contribution in [1.82, 2.24) is 9.38 Å². The number of rotatable bonds is 4. The molecule has 0 bridgehead atoms. The first-order chi connectivity index (χ1) is 12.2. The van der Waals surface area contributed by atoms with Gasteiger partial charge in [-0.05, 0) is 24.1 Å². The van der Waals surface area contributed by atoms with E-state index < -0.39 is 17.7 Å². The number of alkyl halides is 3. The SMILES string of the molecule is CC(C)c1nc2c(Cl)cc(C(F)(F)F)cn2c1COC(=O)c1ccco1. The highest BCUT2D eigenvalue weighted by molar-refractivity contribution is 6.33. The number of halogens is 4. The Balaban J connectivity index is 2.05. The number of aromatic nitrogens is 2. The lowest BCUT2D eigenvalue weighted by Gasteiger charge is -2.11. The number of nitrogens with zero attached hydrogens (tertiary/aromatic N) is 2. The van der Waals surface area contributed by atoms with Gasteiger partial charge in [0, 0.05) is 6.20 Å². The fourth-order valence-electron chi connectivity index (χ4n) is 2.53. The first-order valence-corrected chi connectivity index (χ1v) is 8.04. The second-order valence-electron chi connectivity index (χ2n) is 5.92. The zero-order chi connectivity index (χ0) is 19.1. The molecule has 0 saturated carbocycles. The van der Waals surface area contributed by atoms with Crippen LogP contribution in [0.5, 0.6) is 0 Å². The third-order valence-corrected chi connectivity index (χ3v) is 4.02. The molecule has 0 spiro atoms. The van der Waals surface area contributed by atoms with Crippen molar-refractivity contribution >= 4 is 23.2 Å². The van der Waals surface area contributed by atoms with Gasteiger partial charge in [-0.25, -0.2) is 9.78 Å². The minimum Gasteiger partial charge on any atom is -0.457 e. The Morgan fingerprint density at radius 2 is 2.15 bits per heavy atom. The van der Waals surface area contributed by atoms with E-state index in [1.165, 1.54) is 22.8 Å². The molecule has 3 aromatic heterocycles. The molecule has 0 saturated heterocycles. The van der Waals surface area contributed by atoms with E-state index in [1.54, 1.807) is 0 Å². The summed E-state index contributed by atoms with van der Waals surface area (Å²) in [4.78, 5) is 16.3. The van der Waals surface area contributed by atoms with E-state index >= 15 is 0 Å². The number of hydrogen-bond donors (Lipinski definition) is 0. The standard InChI is InChI=1S/C17H14ClF3N2O3/c1-9(2)14-12(8-26-16(24)13-4-3-5-25-13)23-7-10(17(19,20)21)6-11(18)15(23)22-14/h3-7,9H,8H2,1-2H3. The van der Waals surface area contributed by atoms with Crippen LogP contribution >= 0.6 is 11.6 Å². The first kappa shape index (κ1) is 18.3. The minimum atomic E-state index is -4.57. The fourth-order valence-corrected chi connectivity index (χ4v) is 2.78. The lowest BCUT2D eigenvalue weighted by Crippen LogP contribution is -2.10. The molecule has 0 amide bonds. The van der Waals surface area contributed by atoms with Gasteiger partial charge in [-0.3, -0.25) is 4.40 Å². The predicted octanol–water partition coefficient (Wildman–Crippen LogP) is 5.08. The van der Waals surface area contributed by atoms with E-state index in [-0.39, 0.29) is 29.0 Å². The Morgan fingerprint density at radius 1 is 1.42 bits per heavy atom. The molecule has 0 radical (unpaired) electrons. The molecule has 0 aliphatic rings. The van der Waals surface area contributed by atoms with Crippen molar-refractivity contribution in [2.75, 3.05) is 0 Å². The van der Waals surface area contributed by atoms with Crippen molar-refractivity contribution in [3.05, 3.63) is 58.4 Å². The maximum atomic E-state index is 13.1. The number of ether oxygens (including phenoxy) is 1. The van der Waals surface area contributed by atoms with Crippen molar-refractivity contribution in [2.45, 2.75) is 32.5 Å². The number of carbonyl (C=O) groups excluding carboxylic acids is 1. The molecule has 9 heteroatoms. The Morgan fingerprint density at radius 3 is 2.73 bits per heavy atom. The molecule has 0 aliphatic heterocycles. The third-order valence-electron chi connectivity index (χ3n) is 3.74. The zero-order valence-corrected chi connectivity index (χ0v) is 14.6. The van der Waals surface area contributed by atoms with Crippen LogP contribution in [0.3, 0.4) is 0 Å². The third kappa shape index (κ3) is 3.41. The molecule has 0 fully saturated rings. The molecule has 3 aromatic rings. The number of pyridine rings is 1. The zero-order valence-electron chi connectivity index (χ0n) is 13.8.